The second-order valence-corrected chi connectivity index (χ2v) is 7.82. The minimum Gasteiger partial charge on any atom is -0.339 e. The number of carbonyl (C=O) groups excluding carboxylic acids is 1. The van der Waals surface area contributed by atoms with Crippen LogP contribution in [0.15, 0.2) is 48.9 Å². The Morgan fingerprint density at radius 3 is 2.93 bits per heavy atom. The largest absolute Gasteiger partial charge is 0.339 e. The molecule has 0 bridgehead atoms. The van der Waals surface area contributed by atoms with Crippen molar-refractivity contribution in [2.24, 2.45) is 0 Å². The highest BCUT2D eigenvalue weighted by atomic mass is 19.1. The second kappa shape index (κ2) is 8.61. The topological polar surface area (TPSA) is 75.9 Å². The smallest absolute Gasteiger partial charge is 0.257 e. The zero-order valence-electron chi connectivity index (χ0n) is 17.1. The molecule has 30 heavy (non-hydrogen) atoms. The van der Waals surface area contributed by atoms with Crippen molar-refractivity contribution in [3.8, 4) is 0 Å². The van der Waals surface area contributed by atoms with Crippen molar-refractivity contribution in [2.75, 3.05) is 18.4 Å². The lowest BCUT2D eigenvalue weighted by molar-refractivity contribution is 0.0703. The third kappa shape index (κ3) is 4.17. The Bertz CT molecular complexity index is 1030. The van der Waals surface area contributed by atoms with Gasteiger partial charge < -0.3 is 14.8 Å². The molecule has 1 atom stereocenters. The van der Waals surface area contributed by atoms with Crippen LogP contribution in [0.1, 0.15) is 54.8 Å². The Morgan fingerprint density at radius 1 is 1.27 bits per heavy atom. The highest BCUT2D eigenvalue weighted by Gasteiger charge is 2.30. The van der Waals surface area contributed by atoms with Crippen molar-refractivity contribution in [3.05, 3.63) is 66.1 Å². The van der Waals surface area contributed by atoms with Gasteiger partial charge in [-0.3, -0.25) is 4.79 Å². The second-order valence-electron chi connectivity index (χ2n) is 7.82. The summed E-state index contributed by atoms with van der Waals surface area (Å²) in [4.78, 5) is 19.5. The Labute approximate surface area is 175 Å². The molecule has 1 unspecified atom stereocenters. The number of pyridine rings is 1. The molecule has 8 heteroatoms. The van der Waals surface area contributed by atoms with Gasteiger partial charge in [-0.15, -0.1) is 10.2 Å². The van der Waals surface area contributed by atoms with Gasteiger partial charge in [-0.1, -0.05) is 6.07 Å². The Kier molecular flexibility index (Phi) is 5.74. The van der Waals surface area contributed by atoms with Crippen molar-refractivity contribution < 1.29 is 9.18 Å². The van der Waals surface area contributed by atoms with E-state index in [4.69, 9.17) is 0 Å². The Morgan fingerprint density at radius 2 is 2.13 bits per heavy atom. The molecule has 0 radical (unpaired) electrons. The molecule has 156 valence electrons. The Hall–Kier alpha value is -3.29. The summed E-state index contributed by atoms with van der Waals surface area (Å²) in [5, 5.41) is 11.5. The van der Waals surface area contributed by atoms with Crippen LogP contribution in [0.4, 0.5) is 15.9 Å². The predicted molar refractivity (Wildman–Crippen MR) is 112 cm³/mol. The maximum absolute atomic E-state index is 13.5. The molecule has 2 aromatic heterocycles. The predicted octanol–water partition coefficient (Wildman–Crippen LogP) is 4.16. The normalized spacial score (nSPS) is 16.7. The fourth-order valence-corrected chi connectivity index (χ4v) is 3.86. The molecule has 0 saturated carbocycles. The van der Waals surface area contributed by atoms with Crippen LogP contribution in [0, 0.1) is 5.82 Å². The molecule has 1 aromatic carbocycles. The number of nitrogens with one attached hydrogen (secondary N) is 1. The molecule has 1 amide bonds. The fraction of sp³-hybridized carbons (Fsp3) is 0.364. The van der Waals surface area contributed by atoms with E-state index in [0.717, 1.165) is 18.7 Å². The van der Waals surface area contributed by atoms with Gasteiger partial charge in [0.1, 0.15) is 23.8 Å². The molecule has 3 aromatic rings. The van der Waals surface area contributed by atoms with Crippen LogP contribution in [0.2, 0.25) is 0 Å². The number of hydrogen-bond acceptors (Lipinski definition) is 5. The fourth-order valence-electron chi connectivity index (χ4n) is 3.86. The molecule has 1 saturated heterocycles. The van der Waals surface area contributed by atoms with Crippen LogP contribution in [0.25, 0.3) is 0 Å². The number of amides is 1. The minimum absolute atomic E-state index is 0.0951. The zero-order chi connectivity index (χ0) is 21.1. The van der Waals surface area contributed by atoms with Gasteiger partial charge >= 0.3 is 0 Å². The first-order valence-electron chi connectivity index (χ1n) is 10.2. The third-order valence-corrected chi connectivity index (χ3v) is 5.36. The van der Waals surface area contributed by atoms with Crippen LogP contribution in [0.5, 0.6) is 0 Å². The summed E-state index contributed by atoms with van der Waals surface area (Å²) < 4.78 is 15.6. The number of rotatable bonds is 5. The number of likely N-dealkylation sites (tertiary alicyclic amines) is 1. The number of piperidine rings is 1. The van der Waals surface area contributed by atoms with Crippen molar-refractivity contribution in [1.82, 2.24) is 24.6 Å². The summed E-state index contributed by atoms with van der Waals surface area (Å²) >= 11 is 0. The average molecular weight is 408 g/mol. The van der Waals surface area contributed by atoms with Crippen molar-refractivity contribution in [2.45, 2.75) is 38.6 Å². The molecule has 3 heterocycles. The third-order valence-electron chi connectivity index (χ3n) is 5.36. The van der Waals surface area contributed by atoms with E-state index < -0.39 is 0 Å². The van der Waals surface area contributed by atoms with Crippen molar-refractivity contribution >= 4 is 17.4 Å². The molecular formula is C22H25FN6O. The summed E-state index contributed by atoms with van der Waals surface area (Å²) in [5.41, 5.74) is 1.01. The molecule has 1 fully saturated rings. The van der Waals surface area contributed by atoms with E-state index in [9.17, 15) is 9.18 Å². The number of aromatic nitrogens is 4. The number of anilines is 2. The van der Waals surface area contributed by atoms with E-state index in [1.807, 2.05) is 4.90 Å². The number of nitrogens with zero attached hydrogens (tertiary/aromatic N) is 5. The highest BCUT2D eigenvalue weighted by molar-refractivity contribution is 5.99. The maximum Gasteiger partial charge on any atom is 0.257 e. The van der Waals surface area contributed by atoms with Crippen LogP contribution in [-0.2, 0) is 0 Å². The summed E-state index contributed by atoms with van der Waals surface area (Å²) in [6.45, 7) is 5.45. The SMILES string of the molecule is CC(C)n1cnnc1C1CCCN(C(=O)c2cccnc2Nc2cccc(F)c2)C1. The van der Waals surface area contributed by atoms with Crippen LogP contribution in [0.3, 0.4) is 0 Å². The van der Waals surface area contributed by atoms with E-state index in [2.05, 4.69) is 38.9 Å². The van der Waals surface area contributed by atoms with Gasteiger partial charge in [0.05, 0.1) is 5.56 Å². The quantitative estimate of drug-likeness (QED) is 0.686. The molecule has 1 aliphatic heterocycles. The monoisotopic (exact) mass is 408 g/mol. The summed E-state index contributed by atoms with van der Waals surface area (Å²) in [6.07, 6.45) is 5.23. The standard InChI is InChI=1S/C22H25FN6O/c1-15(2)29-14-25-27-21(29)16-6-5-11-28(13-16)22(30)19-9-4-10-24-20(19)26-18-8-3-7-17(23)12-18/h3-4,7-10,12,14-16H,5-6,11,13H2,1-2H3,(H,24,26). The average Bonchev–Trinajstić information content (AvgIpc) is 3.24. The highest BCUT2D eigenvalue weighted by Crippen LogP contribution is 2.29. The lowest BCUT2D eigenvalue weighted by Crippen LogP contribution is -2.40. The first-order valence-corrected chi connectivity index (χ1v) is 10.2. The molecule has 7 nitrogen and oxygen atoms in total. The Balaban J connectivity index is 1.55. The van der Waals surface area contributed by atoms with E-state index in [-0.39, 0.29) is 23.7 Å². The van der Waals surface area contributed by atoms with Crippen LogP contribution in [-0.4, -0.2) is 43.6 Å². The van der Waals surface area contributed by atoms with E-state index in [1.165, 1.54) is 12.1 Å². The summed E-state index contributed by atoms with van der Waals surface area (Å²) in [6, 6.07) is 9.85. The molecule has 0 spiro atoms. The number of halogens is 1. The van der Waals surface area contributed by atoms with Gasteiger partial charge in [0, 0.05) is 36.9 Å². The van der Waals surface area contributed by atoms with Gasteiger partial charge in [0.15, 0.2) is 0 Å². The molecule has 1 N–H and O–H groups in total. The van der Waals surface area contributed by atoms with Gasteiger partial charge in [-0.05, 0) is 57.0 Å². The molecule has 0 aliphatic carbocycles. The van der Waals surface area contributed by atoms with E-state index in [0.29, 0.717) is 30.2 Å². The number of benzene rings is 1. The molecule has 1 aliphatic rings. The van der Waals surface area contributed by atoms with Crippen molar-refractivity contribution in [1.29, 1.82) is 0 Å². The number of hydrogen-bond donors (Lipinski definition) is 1. The molecule has 4 rings (SSSR count). The summed E-state index contributed by atoms with van der Waals surface area (Å²) in [5.74, 6) is 1.04. The van der Waals surface area contributed by atoms with Crippen LogP contribution < -0.4 is 5.32 Å². The van der Waals surface area contributed by atoms with E-state index >= 15 is 0 Å². The lowest BCUT2D eigenvalue weighted by Gasteiger charge is -2.33. The first-order chi connectivity index (χ1) is 14.5. The van der Waals surface area contributed by atoms with Crippen LogP contribution >= 0.6 is 0 Å². The maximum atomic E-state index is 13.5. The lowest BCUT2D eigenvalue weighted by atomic mass is 9.96. The van der Waals surface area contributed by atoms with Gasteiger partial charge in [-0.2, -0.15) is 0 Å². The summed E-state index contributed by atoms with van der Waals surface area (Å²) in [7, 11) is 0. The zero-order valence-corrected chi connectivity index (χ0v) is 17.1. The first kappa shape index (κ1) is 20.0. The minimum atomic E-state index is -0.350. The van der Waals surface area contributed by atoms with Crippen molar-refractivity contribution in [3.63, 3.8) is 0 Å². The van der Waals surface area contributed by atoms with Gasteiger partial charge in [-0.25, -0.2) is 9.37 Å². The van der Waals surface area contributed by atoms with Gasteiger partial charge in [0.25, 0.3) is 5.91 Å². The van der Waals surface area contributed by atoms with E-state index in [1.54, 1.807) is 36.8 Å². The molecular weight excluding hydrogens is 383 g/mol. The number of carbonyl (C=O) groups is 1. The van der Waals surface area contributed by atoms with Gasteiger partial charge in [0.2, 0.25) is 0 Å².